The highest BCUT2D eigenvalue weighted by Gasteiger charge is 2.40. The summed E-state index contributed by atoms with van der Waals surface area (Å²) in [5.41, 5.74) is 0. The third-order valence-corrected chi connectivity index (χ3v) is 3.89. The van der Waals surface area contributed by atoms with Gasteiger partial charge in [-0.1, -0.05) is 13.8 Å². The summed E-state index contributed by atoms with van der Waals surface area (Å²) in [6, 6.07) is 0.849. The van der Waals surface area contributed by atoms with Gasteiger partial charge in [-0.15, -0.1) is 0 Å². The number of aliphatic hydroxyl groups is 1. The number of aliphatic hydroxyl groups excluding tert-OH is 1. The molecule has 2 aliphatic heterocycles. The van der Waals surface area contributed by atoms with Crippen LogP contribution in [0.25, 0.3) is 0 Å². The SMILES string of the molecule is CC(C)CNC(=O)CN1C2CCC1CC(O)C2. The summed E-state index contributed by atoms with van der Waals surface area (Å²) in [5, 5.41) is 12.7. The maximum Gasteiger partial charge on any atom is 0.234 e. The molecule has 0 radical (unpaired) electrons. The molecule has 2 rings (SSSR count). The van der Waals surface area contributed by atoms with E-state index in [1.807, 2.05) is 0 Å². The molecule has 2 atom stereocenters. The number of rotatable bonds is 4. The van der Waals surface area contributed by atoms with E-state index in [-0.39, 0.29) is 12.0 Å². The Morgan fingerprint density at radius 1 is 1.35 bits per heavy atom. The number of piperidine rings is 1. The standard InChI is InChI=1S/C13H24N2O2/c1-9(2)7-14-13(17)8-15-10-3-4-11(15)6-12(16)5-10/h9-12,16H,3-8H2,1-2H3,(H,14,17). The predicted molar refractivity (Wildman–Crippen MR) is 66.6 cm³/mol. The van der Waals surface area contributed by atoms with E-state index >= 15 is 0 Å². The van der Waals surface area contributed by atoms with Gasteiger partial charge in [-0.2, -0.15) is 0 Å². The van der Waals surface area contributed by atoms with E-state index in [0.29, 0.717) is 24.5 Å². The molecule has 1 amide bonds. The fraction of sp³-hybridized carbons (Fsp3) is 0.923. The lowest BCUT2D eigenvalue weighted by atomic mass is 10.00. The Balaban J connectivity index is 1.81. The Kier molecular flexibility index (Phi) is 4.05. The van der Waals surface area contributed by atoms with Crippen LogP contribution in [0.1, 0.15) is 39.5 Å². The highest BCUT2D eigenvalue weighted by atomic mass is 16.3. The zero-order valence-corrected chi connectivity index (χ0v) is 10.9. The number of fused-ring (bicyclic) bond motifs is 2. The molecule has 4 nitrogen and oxygen atoms in total. The molecule has 0 aromatic carbocycles. The van der Waals surface area contributed by atoms with Crippen LogP contribution in [0.2, 0.25) is 0 Å². The van der Waals surface area contributed by atoms with Gasteiger partial charge in [-0.3, -0.25) is 9.69 Å². The summed E-state index contributed by atoms with van der Waals surface area (Å²) in [7, 11) is 0. The van der Waals surface area contributed by atoms with Crippen LogP contribution in [0.3, 0.4) is 0 Å². The van der Waals surface area contributed by atoms with Gasteiger partial charge in [0.1, 0.15) is 0 Å². The van der Waals surface area contributed by atoms with Crippen LogP contribution in [-0.4, -0.2) is 47.2 Å². The monoisotopic (exact) mass is 240 g/mol. The fourth-order valence-corrected chi connectivity index (χ4v) is 3.04. The molecular weight excluding hydrogens is 216 g/mol. The quantitative estimate of drug-likeness (QED) is 0.762. The third kappa shape index (κ3) is 3.19. The Bertz CT molecular complexity index is 267. The van der Waals surface area contributed by atoms with Crippen molar-refractivity contribution in [3.8, 4) is 0 Å². The average Bonchev–Trinajstić information content (AvgIpc) is 2.49. The summed E-state index contributed by atoms with van der Waals surface area (Å²) >= 11 is 0. The number of nitrogens with one attached hydrogen (secondary N) is 1. The molecule has 0 spiro atoms. The van der Waals surface area contributed by atoms with Crippen molar-refractivity contribution in [3.63, 3.8) is 0 Å². The van der Waals surface area contributed by atoms with Crippen LogP contribution in [0.15, 0.2) is 0 Å². The fourth-order valence-electron chi connectivity index (χ4n) is 3.04. The van der Waals surface area contributed by atoms with Crippen molar-refractivity contribution in [2.45, 2.75) is 57.7 Å². The number of hydrogen-bond acceptors (Lipinski definition) is 3. The zero-order chi connectivity index (χ0) is 12.4. The smallest absolute Gasteiger partial charge is 0.234 e. The Hall–Kier alpha value is -0.610. The summed E-state index contributed by atoms with van der Waals surface area (Å²) in [6.45, 7) is 5.46. The molecule has 2 heterocycles. The number of hydrogen-bond donors (Lipinski definition) is 2. The first kappa shape index (κ1) is 12.8. The minimum Gasteiger partial charge on any atom is -0.393 e. The van der Waals surface area contributed by atoms with Crippen LogP contribution in [0.4, 0.5) is 0 Å². The van der Waals surface area contributed by atoms with Gasteiger partial charge in [0.25, 0.3) is 0 Å². The second kappa shape index (κ2) is 5.36. The molecule has 0 aromatic rings. The van der Waals surface area contributed by atoms with Crippen LogP contribution in [-0.2, 0) is 4.79 Å². The summed E-state index contributed by atoms with van der Waals surface area (Å²) in [5.74, 6) is 0.630. The van der Waals surface area contributed by atoms with E-state index in [9.17, 15) is 9.90 Å². The van der Waals surface area contributed by atoms with Crippen molar-refractivity contribution >= 4 is 5.91 Å². The lowest BCUT2D eigenvalue weighted by molar-refractivity contribution is -0.124. The van der Waals surface area contributed by atoms with Gasteiger partial charge in [0.05, 0.1) is 12.6 Å². The Morgan fingerprint density at radius 3 is 2.47 bits per heavy atom. The summed E-state index contributed by atoms with van der Waals surface area (Å²) in [6.07, 6.45) is 3.81. The molecule has 2 fully saturated rings. The number of amides is 1. The molecule has 4 heteroatoms. The lowest BCUT2D eigenvalue weighted by Crippen LogP contribution is -2.49. The van der Waals surface area contributed by atoms with Gasteiger partial charge in [0, 0.05) is 18.6 Å². The van der Waals surface area contributed by atoms with Crippen molar-refractivity contribution in [1.29, 1.82) is 0 Å². The topological polar surface area (TPSA) is 52.6 Å². The largest absolute Gasteiger partial charge is 0.393 e. The zero-order valence-electron chi connectivity index (χ0n) is 10.9. The first-order chi connectivity index (χ1) is 8.06. The van der Waals surface area contributed by atoms with Crippen LogP contribution >= 0.6 is 0 Å². The Labute approximate surface area is 103 Å². The predicted octanol–water partition coefficient (Wildman–Crippen LogP) is 0.746. The summed E-state index contributed by atoms with van der Waals surface area (Å²) < 4.78 is 0. The number of carbonyl (C=O) groups is 1. The maximum atomic E-state index is 11.8. The Morgan fingerprint density at radius 2 is 1.94 bits per heavy atom. The molecule has 98 valence electrons. The van der Waals surface area contributed by atoms with Gasteiger partial charge in [0.15, 0.2) is 0 Å². The van der Waals surface area contributed by atoms with Crippen LogP contribution in [0, 0.1) is 5.92 Å². The van der Waals surface area contributed by atoms with E-state index in [2.05, 4.69) is 24.1 Å². The van der Waals surface area contributed by atoms with Crippen LogP contribution < -0.4 is 5.32 Å². The first-order valence-electron chi connectivity index (χ1n) is 6.76. The average molecular weight is 240 g/mol. The van der Waals surface area contributed by atoms with E-state index in [1.165, 1.54) is 0 Å². The molecule has 2 unspecified atom stereocenters. The number of nitrogens with zero attached hydrogens (tertiary/aromatic N) is 1. The molecule has 2 bridgehead atoms. The van der Waals surface area contributed by atoms with Gasteiger partial charge in [-0.05, 0) is 31.6 Å². The molecule has 0 aliphatic carbocycles. The molecular formula is C13H24N2O2. The van der Waals surface area contributed by atoms with Crippen molar-refractivity contribution in [2.75, 3.05) is 13.1 Å². The summed E-state index contributed by atoms with van der Waals surface area (Å²) in [4.78, 5) is 14.1. The van der Waals surface area contributed by atoms with Gasteiger partial charge in [0.2, 0.25) is 5.91 Å². The normalized spacial score (nSPS) is 33.1. The van der Waals surface area contributed by atoms with Crippen molar-refractivity contribution in [3.05, 3.63) is 0 Å². The molecule has 2 N–H and O–H groups in total. The van der Waals surface area contributed by atoms with E-state index in [0.717, 1.165) is 32.2 Å². The maximum absolute atomic E-state index is 11.8. The second-order valence-electron chi connectivity index (χ2n) is 5.88. The molecule has 17 heavy (non-hydrogen) atoms. The molecule has 0 saturated carbocycles. The van der Waals surface area contributed by atoms with Gasteiger partial charge >= 0.3 is 0 Å². The van der Waals surface area contributed by atoms with E-state index in [4.69, 9.17) is 0 Å². The van der Waals surface area contributed by atoms with Gasteiger partial charge < -0.3 is 10.4 Å². The molecule has 0 aromatic heterocycles. The van der Waals surface area contributed by atoms with Crippen LogP contribution in [0.5, 0.6) is 0 Å². The minimum atomic E-state index is -0.150. The minimum absolute atomic E-state index is 0.131. The van der Waals surface area contributed by atoms with Crippen molar-refractivity contribution in [1.82, 2.24) is 10.2 Å². The van der Waals surface area contributed by atoms with Crippen molar-refractivity contribution < 1.29 is 9.90 Å². The van der Waals surface area contributed by atoms with Crippen molar-refractivity contribution in [2.24, 2.45) is 5.92 Å². The molecule has 2 aliphatic rings. The lowest BCUT2D eigenvalue weighted by Gasteiger charge is -2.36. The van der Waals surface area contributed by atoms with E-state index in [1.54, 1.807) is 0 Å². The second-order valence-corrected chi connectivity index (χ2v) is 5.88. The van der Waals surface area contributed by atoms with Gasteiger partial charge in [-0.25, -0.2) is 0 Å². The first-order valence-corrected chi connectivity index (χ1v) is 6.76. The molecule has 2 saturated heterocycles. The third-order valence-electron chi connectivity index (χ3n) is 3.89. The highest BCUT2D eigenvalue weighted by molar-refractivity contribution is 5.78. The number of carbonyl (C=O) groups excluding carboxylic acids is 1. The van der Waals surface area contributed by atoms with E-state index < -0.39 is 0 Å². The highest BCUT2D eigenvalue weighted by Crippen LogP contribution is 2.35.